The second-order valence-electron chi connectivity index (χ2n) is 12.7. The molecule has 2 aromatic rings. The second kappa shape index (κ2) is 15.2. The fourth-order valence-corrected chi connectivity index (χ4v) is 9.28. The number of carbonyl (C=O) groups is 2. The van der Waals surface area contributed by atoms with Crippen LogP contribution in [0.3, 0.4) is 0 Å². The number of fused-ring (bicyclic) bond motifs is 1. The molecule has 2 N–H and O–H groups in total. The smallest absolute Gasteiger partial charge is 0.261 e. The van der Waals surface area contributed by atoms with E-state index in [1.54, 1.807) is 6.20 Å². The van der Waals surface area contributed by atoms with Crippen molar-refractivity contribution in [2.75, 3.05) is 25.9 Å². The quantitative estimate of drug-likeness (QED) is 0.310. The molecule has 5 rings (SSSR count). The van der Waals surface area contributed by atoms with Gasteiger partial charge in [0.1, 0.15) is 0 Å². The summed E-state index contributed by atoms with van der Waals surface area (Å²) in [5.41, 5.74) is 0.254. The van der Waals surface area contributed by atoms with Crippen molar-refractivity contribution in [3.8, 4) is 0 Å². The maximum absolute atomic E-state index is 13.7. The van der Waals surface area contributed by atoms with Gasteiger partial charge >= 0.3 is 0 Å². The molecule has 226 valence electrons. The van der Waals surface area contributed by atoms with E-state index in [0.29, 0.717) is 11.8 Å². The summed E-state index contributed by atoms with van der Waals surface area (Å²) in [7, 11) is 0. The first-order valence-corrected chi connectivity index (χ1v) is 18.4. The molecule has 2 aromatic heterocycles. The van der Waals surface area contributed by atoms with Crippen LogP contribution in [-0.4, -0.2) is 58.5 Å². The van der Waals surface area contributed by atoms with E-state index in [2.05, 4.69) is 26.8 Å². The second-order valence-corrected chi connectivity index (χ2v) is 14.8. The number of amides is 2. The number of hydrogen-bond acceptors (Lipinski definition) is 6. The summed E-state index contributed by atoms with van der Waals surface area (Å²) >= 11 is 3.36. The SMILES string of the molecule is CSC1NC2(CCCCCCCCC2)CCC1C(=O)N1CCC(CCCCNC(=O)c2cc3ccncc3s2)CC1. The minimum atomic E-state index is 0.0187. The van der Waals surface area contributed by atoms with Crippen molar-refractivity contribution >= 4 is 45.0 Å². The van der Waals surface area contributed by atoms with Crippen LogP contribution in [0.4, 0.5) is 0 Å². The third-order valence-corrected chi connectivity index (χ3v) is 12.0. The van der Waals surface area contributed by atoms with Gasteiger partial charge in [0.15, 0.2) is 0 Å². The van der Waals surface area contributed by atoms with Crippen LogP contribution in [0.1, 0.15) is 112 Å². The monoisotopic (exact) mass is 598 g/mol. The summed E-state index contributed by atoms with van der Waals surface area (Å²) in [6.45, 7) is 2.53. The van der Waals surface area contributed by atoms with E-state index in [1.165, 1.54) is 75.5 Å². The third-order valence-electron chi connectivity index (χ3n) is 9.93. The van der Waals surface area contributed by atoms with Crippen molar-refractivity contribution in [1.29, 1.82) is 0 Å². The molecular weight excluding hydrogens is 549 g/mol. The zero-order chi connectivity index (χ0) is 28.5. The normalized spacial score (nSPS) is 24.4. The minimum absolute atomic E-state index is 0.0187. The average Bonchev–Trinajstić information content (AvgIpc) is 3.45. The van der Waals surface area contributed by atoms with E-state index in [0.717, 1.165) is 73.1 Å². The van der Waals surface area contributed by atoms with Gasteiger partial charge in [-0.3, -0.25) is 19.9 Å². The lowest BCUT2D eigenvalue weighted by Gasteiger charge is -2.47. The highest BCUT2D eigenvalue weighted by atomic mass is 32.2. The molecule has 2 atom stereocenters. The largest absolute Gasteiger partial charge is 0.351 e. The molecule has 2 saturated heterocycles. The Kier molecular flexibility index (Phi) is 11.4. The van der Waals surface area contributed by atoms with Crippen LogP contribution in [0, 0.1) is 11.8 Å². The minimum Gasteiger partial charge on any atom is -0.351 e. The molecule has 4 heterocycles. The Morgan fingerprint density at radius 3 is 2.49 bits per heavy atom. The van der Waals surface area contributed by atoms with Crippen LogP contribution in [0.2, 0.25) is 0 Å². The number of hydrogen-bond donors (Lipinski definition) is 2. The lowest BCUT2D eigenvalue weighted by Crippen LogP contribution is -2.59. The van der Waals surface area contributed by atoms with E-state index in [4.69, 9.17) is 0 Å². The van der Waals surface area contributed by atoms with Gasteiger partial charge in [-0.2, -0.15) is 0 Å². The highest BCUT2D eigenvalue weighted by molar-refractivity contribution is 7.99. The zero-order valence-corrected chi connectivity index (χ0v) is 26.6. The molecular formula is C33H50N4O2S2. The van der Waals surface area contributed by atoms with Crippen LogP contribution in [0.5, 0.6) is 0 Å². The van der Waals surface area contributed by atoms with E-state index < -0.39 is 0 Å². The molecule has 8 heteroatoms. The molecule has 6 nitrogen and oxygen atoms in total. The maximum Gasteiger partial charge on any atom is 0.261 e. The van der Waals surface area contributed by atoms with E-state index in [-0.39, 0.29) is 22.7 Å². The molecule has 1 spiro atoms. The van der Waals surface area contributed by atoms with Crippen molar-refractivity contribution < 1.29 is 9.59 Å². The van der Waals surface area contributed by atoms with Gasteiger partial charge in [-0.1, -0.05) is 57.8 Å². The van der Waals surface area contributed by atoms with Crippen molar-refractivity contribution in [1.82, 2.24) is 20.5 Å². The number of nitrogens with one attached hydrogen (secondary N) is 2. The number of thioether (sulfide) groups is 1. The molecule has 3 aliphatic rings. The highest BCUT2D eigenvalue weighted by Gasteiger charge is 2.43. The lowest BCUT2D eigenvalue weighted by atomic mass is 9.76. The van der Waals surface area contributed by atoms with Crippen LogP contribution in [0.25, 0.3) is 10.1 Å². The van der Waals surface area contributed by atoms with Gasteiger partial charge in [-0.05, 0) is 74.6 Å². The highest BCUT2D eigenvalue weighted by Crippen LogP contribution is 2.39. The van der Waals surface area contributed by atoms with Gasteiger partial charge in [-0.25, -0.2) is 0 Å². The number of aromatic nitrogens is 1. The molecule has 2 amide bonds. The number of unbranched alkanes of at least 4 members (excludes halogenated alkanes) is 1. The first-order chi connectivity index (χ1) is 20.1. The molecule has 0 radical (unpaired) electrons. The fraction of sp³-hybridized carbons (Fsp3) is 0.727. The summed E-state index contributed by atoms with van der Waals surface area (Å²) < 4.78 is 1.05. The van der Waals surface area contributed by atoms with E-state index in [1.807, 2.05) is 30.1 Å². The van der Waals surface area contributed by atoms with Crippen LogP contribution < -0.4 is 10.6 Å². The Labute approximate surface area is 255 Å². The maximum atomic E-state index is 13.7. The Bertz CT molecular complexity index is 1090. The number of rotatable bonds is 8. The van der Waals surface area contributed by atoms with Crippen LogP contribution in [0.15, 0.2) is 24.5 Å². The number of pyridine rings is 1. The number of thiophene rings is 1. The van der Waals surface area contributed by atoms with E-state index >= 15 is 0 Å². The van der Waals surface area contributed by atoms with Gasteiger partial charge in [-0.15, -0.1) is 23.1 Å². The molecule has 1 saturated carbocycles. The number of carbonyl (C=O) groups excluding carboxylic acids is 2. The van der Waals surface area contributed by atoms with Crippen molar-refractivity contribution in [3.05, 3.63) is 29.4 Å². The predicted octanol–water partition coefficient (Wildman–Crippen LogP) is 7.39. The molecule has 1 aliphatic carbocycles. The summed E-state index contributed by atoms with van der Waals surface area (Å²) in [6, 6.07) is 3.90. The van der Waals surface area contributed by atoms with Crippen molar-refractivity contribution in [3.63, 3.8) is 0 Å². The molecule has 2 aliphatic heterocycles. The molecule has 2 unspecified atom stereocenters. The van der Waals surface area contributed by atoms with Gasteiger partial charge in [0.25, 0.3) is 5.91 Å². The predicted molar refractivity (Wildman–Crippen MR) is 173 cm³/mol. The van der Waals surface area contributed by atoms with Crippen molar-refractivity contribution in [2.24, 2.45) is 11.8 Å². The summed E-state index contributed by atoms with van der Waals surface area (Å²) in [5, 5.41) is 8.48. The lowest BCUT2D eigenvalue weighted by molar-refractivity contribution is -0.138. The topological polar surface area (TPSA) is 74.3 Å². The molecule has 3 fully saturated rings. The first-order valence-electron chi connectivity index (χ1n) is 16.3. The fourth-order valence-electron chi connectivity index (χ4n) is 7.38. The zero-order valence-electron chi connectivity index (χ0n) is 25.0. The molecule has 41 heavy (non-hydrogen) atoms. The Morgan fingerprint density at radius 1 is 1.05 bits per heavy atom. The van der Waals surface area contributed by atoms with Gasteiger partial charge < -0.3 is 10.2 Å². The van der Waals surface area contributed by atoms with Gasteiger partial charge in [0.05, 0.1) is 20.9 Å². The third kappa shape index (κ3) is 8.26. The Balaban J connectivity index is 1.01. The Hall–Kier alpha value is -1.64. The van der Waals surface area contributed by atoms with Crippen LogP contribution >= 0.6 is 23.1 Å². The van der Waals surface area contributed by atoms with Crippen LogP contribution in [-0.2, 0) is 4.79 Å². The number of piperidine rings is 2. The van der Waals surface area contributed by atoms with Gasteiger partial charge in [0, 0.05) is 37.6 Å². The molecule has 0 bridgehead atoms. The summed E-state index contributed by atoms with van der Waals surface area (Å²) in [5.74, 6) is 1.22. The average molecular weight is 599 g/mol. The van der Waals surface area contributed by atoms with Gasteiger partial charge in [0.2, 0.25) is 5.91 Å². The summed E-state index contributed by atoms with van der Waals surface area (Å²) in [4.78, 5) is 33.3. The Morgan fingerprint density at radius 2 is 1.78 bits per heavy atom. The first kappa shape index (κ1) is 30.8. The van der Waals surface area contributed by atoms with Crippen molar-refractivity contribution in [2.45, 2.75) is 114 Å². The number of nitrogens with zero attached hydrogens (tertiary/aromatic N) is 2. The number of likely N-dealkylation sites (tertiary alicyclic amines) is 1. The molecule has 0 aromatic carbocycles. The van der Waals surface area contributed by atoms with E-state index in [9.17, 15) is 9.59 Å². The standard InChI is InChI=1S/C33H50N4O2S2/c1-40-31-27(12-18-33(36-31)16-8-5-3-2-4-6-9-17-33)32(39)37-21-14-25(15-22-37)11-7-10-19-35-30(38)28-23-26-13-20-34-24-29(26)41-28/h13,20,23-25,27,31,36H,2-12,14-19,21-22H2,1H3,(H,35,38). The summed E-state index contributed by atoms with van der Waals surface area (Å²) in [6.07, 6.45) is 25.7.